The van der Waals surface area contributed by atoms with E-state index >= 15 is 0 Å². The molecule has 0 radical (unpaired) electrons. The summed E-state index contributed by atoms with van der Waals surface area (Å²) < 4.78 is 0. The Morgan fingerprint density at radius 2 is 1.93 bits per heavy atom. The molecule has 1 aromatic rings. The van der Waals surface area contributed by atoms with Gasteiger partial charge in [-0.05, 0) is 11.5 Å². The molecule has 0 heterocycles. The van der Waals surface area contributed by atoms with Gasteiger partial charge in [0.1, 0.15) is 6.04 Å². The second kappa shape index (κ2) is 5.51. The molecule has 0 spiro atoms. The van der Waals surface area contributed by atoms with Gasteiger partial charge in [0.15, 0.2) is 0 Å². The van der Waals surface area contributed by atoms with Gasteiger partial charge in [0.25, 0.3) is 0 Å². The van der Waals surface area contributed by atoms with Crippen LogP contribution in [0.4, 0.5) is 0 Å². The van der Waals surface area contributed by atoms with Crippen LogP contribution in [0.1, 0.15) is 25.5 Å². The Balaban J connectivity index is 2.54. The molecule has 0 aliphatic heterocycles. The fraction of sp³-hybridized carbons (Fsp3) is 0.417. The Bertz CT molecular complexity index is 309. The van der Waals surface area contributed by atoms with Gasteiger partial charge in [-0.1, -0.05) is 44.2 Å². The first-order chi connectivity index (χ1) is 7.11. The quantitative estimate of drug-likeness (QED) is 0.783. The van der Waals surface area contributed by atoms with Crippen molar-refractivity contribution in [2.45, 2.75) is 19.9 Å². The average Bonchev–Trinajstić information content (AvgIpc) is 2.26. The summed E-state index contributed by atoms with van der Waals surface area (Å²) in [5.74, 6) is 0.326. The van der Waals surface area contributed by atoms with Crippen LogP contribution in [-0.2, 0) is 4.79 Å². The Morgan fingerprint density at radius 1 is 1.33 bits per heavy atom. The van der Waals surface area contributed by atoms with E-state index in [0.29, 0.717) is 12.5 Å². The highest BCUT2D eigenvalue weighted by molar-refractivity contribution is 5.82. The van der Waals surface area contributed by atoms with Crippen LogP contribution in [0, 0.1) is 5.92 Å². The van der Waals surface area contributed by atoms with Crippen LogP contribution in [0.25, 0.3) is 0 Å². The van der Waals surface area contributed by atoms with E-state index in [0.717, 1.165) is 5.56 Å². The summed E-state index contributed by atoms with van der Waals surface area (Å²) in [7, 11) is 0. The van der Waals surface area contributed by atoms with Crippen molar-refractivity contribution in [3.8, 4) is 0 Å². The number of amides is 1. The van der Waals surface area contributed by atoms with E-state index in [2.05, 4.69) is 5.32 Å². The molecule has 0 aromatic heterocycles. The zero-order valence-electron chi connectivity index (χ0n) is 9.23. The zero-order valence-corrected chi connectivity index (χ0v) is 9.23. The van der Waals surface area contributed by atoms with E-state index in [9.17, 15) is 4.79 Å². The Morgan fingerprint density at radius 3 is 2.47 bits per heavy atom. The van der Waals surface area contributed by atoms with E-state index in [1.165, 1.54) is 0 Å². The topological polar surface area (TPSA) is 55.1 Å². The summed E-state index contributed by atoms with van der Waals surface area (Å²) in [4.78, 5) is 11.6. The third-order valence-electron chi connectivity index (χ3n) is 2.13. The largest absolute Gasteiger partial charge is 0.354 e. The molecule has 3 N–H and O–H groups in total. The van der Waals surface area contributed by atoms with Gasteiger partial charge in [0.2, 0.25) is 5.91 Å². The van der Waals surface area contributed by atoms with Gasteiger partial charge in [-0.3, -0.25) is 4.79 Å². The average molecular weight is 206 g/mol. The SMILES string of the molecule is CC(C)CNC(=O)C(N)c1ccccc1. The molecular formula is C12H18N2O. The molecule has 0 fully saturated rings. The van der Waals surface area contributed by atoms with Crippen molar-refractivity contribution in [3.05, 3.63) is 35.9 Å². The molecule has 0 bridgehead atoms. The summed E-state index contributed by atoms with van der Waals surface area (Å²) >= 11 is 0. The van der Waals surface area contributed by atoms with Crippen molar-refractivity contribution in [2.24, 2.45) is 11.7 Å². The molecule has 0 aliphatic rings. The van der Waals surface area contributed by atoms with Crippen molar-refractivity contribution in [1.82, 2.24) is 5.32 Å². The molecule has 1 amide bonds. The first-order valence-corrected chi connectivity index (χ1v) is 5.19. The highest BCUT2D eigenvalue weighted by Gasteiger charge is 2.14. The fourth-order valence-electron chi connectivity index (χ4n) is 1.23. The molecule has 1 aromatic carbocycles. The lowest BCUT2D eigenvalue weighted by Gasteiger charge is -2.13. The minimum Gasteiger partial charge on any atom is -0.354 e. The van der Waals surface area contributed by atoms with Crippen molar-refractivity contribution in [3.63, 3.8) is 0 Å². The molecular weight excluding hydrogens is 188 g/mol. The maximum absolute atomic E-state index is 11.6. The lowest BCUT2D eigenvalue weighted by Crippen LogP contribution is -2.36. The number of hydrogen-bond donors (Lipinski definition) is 2. The summed E-state index contributed by atoms with van der Waals surface area (Å²) in [5.41, 5.74) is 6.66. The maximum atomic E-state index is 11.6. The van der Waals surface area contributed by atoms with Gasteiger partial charge in [-0.2, -0.15) is 0 Å². The number of carbonyl (C=O) groups excluding carboxylic acids is 1. The monoisotopic (exact) mass is 206 g/mol. The molecule has 1 atom stereocenters. The van der Waals surface area contributed by atoms with Crippen LogP contribution in [0.5, 0.6) is 0 Å². The summed E-state index contributed by atoms with van der Waals surface area (Å²) in [6.07, 6.45) is 0. The molecule has 3 nitrogen and oxygen atoms in total. The molecule has 82 valence electrons. The predicted octanol–water partition coefficient (Wildman–Crippen LogP) is 1.46. The van der Waals surface area contributed by atoms with E-state index in [-0.39, 0.29) is 5.91 Å². The minimum absolute atomic E-state index is 0.116. The smallest absolute Gasteiger partial charge is 0.241 e. The number of rotatable bonds is 4. The molecule has 0 saturated carbocycles. The highest BCUT2D eigenvalue weighted by atomic mass is 16.2. The first-order valence-electron chi connectivity index (χ1n) is 5.19. The molecule has 0 aliphatic carbocycles. The van der Waals surface area contributed by atoms with Crippen molar-refractivity contribution in [2.75, 3.05) is 6.54 Å². The maximum Gasteiger partial charge on any atom is 0.241 e. The standard InChI is InChI=1S/C12H18N2O/c1-9(2)8-14-12(15)11(13)10-6-4-3-5-7-10/h3-7,9,11H,8,13H2,1-2H3,(H,14,15). The number of nitrogens with one attached hydrogen (secondary N) is 1. The molecule has 15 heavy (non-hydrogen) atoms. The normalized spacial score (nSPS) is 12.5. The summed E-state index contributed by atoms with van der Waals surface area (Å²) in [6.45, 7) is 4.77. The summed E-state index contributed by atoms with van der Waals surface area (Å²) in [5, 5.41) is 2.82. The van der Waals surface area contributed by atoms with Crippen LogP contribution in [0.15, 0.2) is 30.3 Å². The van der Waals surface area contributed by atoms with Crippen LogP contribution >= 0.6 is 0 Å². The van der Waals surface area contributed by atoms with Crippen LogP contribution in [0.2, 0.25) is 0 Å². The minimum atomic E-state index is -0.565. The zero-order chi connectivity index (χ0) is 11.3. The van der Waals surface area contributed by atoms with Gasteiger partial charge in [-0.15, -0.1) is 0 Å². The second-order valence-electron chi connectivity index (χ2n) is 4.03. The number of benzene rings is 1. The third-order valence-corrected chi connectivity index (χ3v) is 2.13. The van der Waals surface area contributed by atoms with Gasteiger partial charge < -0.3 is 11.1 Å². The molecule has 1 unspecified atom stereocenters. The van der Waals surface area contributed by atoms with Gasteiger partial charge in [0, 0.05) is 6.54 Å². The number of nitrogens with two attached hydrogens (primary N) is 1. The van der Waals surface area contributed by atoms with Gasteiger partial charge in [-0.25, -0.2) is 0 Å². The number of hydrogen-bond acceptors (Lipinski definition) is 2. The van der Waals surface area contributed by atoms with E-state index in [1.807, 2.05) is 44.2 Å². The third kappa shape index (κ3) is 3.72. The first kappa shape index (κ1) is 11.7. The fourth-order valence-corrected chi connectivity index (χ4v) is 1.23. The highest BCUT2D eigenvalue weighted by Crippen LogP contribution is 2.09. The van der Waals surface area contributed by atoms with Crippen LogP contribution in [0.3, 0.4) is 0 Å². The lowest BCUT2D eigenvalue weighted by molar-refractivity contribution is -0.122. The lowest BCUT2D eigenvalue weighted by atomic mass is 10.1. The van der Waals surface area contributed by atoms with Crippen molar-refractivity contribution in [1.29, 1.82) is 0 Å². The number of carbonyl (C=O) groups is 1. The molecule has 1 rings (SSSR count). The van der Waals surface area contributed by atoms with Gasteiger partial charge in [0.05, 0.1) is 0 Å². The van der Waals surface area contributed by atoms with E-state index in [1.54, 1.807) is 0 Å². The van der Waals surface area contributed by atoms with Gasteiger partial charge >= 0.3 is 0 Å². The van der Waals surface area contributed by atoms with E-state index < -0.39 is 6.04 Å². The Labute approximate surface area is 90.7 Å². The second-order valence-corrected chi connectivity index (χ2v) is 4.03. The molecule has 3 heteroatoms. The summed E-state index contributed by atoms with van der Waals surface area (Å²) in [6, 6.07) is 8.82. The van der Waals surface area contributed by atoms with Crippen molar-refractivity contribution < 1.29 is 4.79 Å². The van der Waals surface area contributed by atoms with Crippen molar-refractivity contribution >= 4 is 5.91 Å². The Kier molecular flexibility index (Phi) is 4.31. The van der Waals surface area contributed by atoms with E-state index in [4.69, 9.17) is 5.73 Å². The molecule has 0 saturated heterocycles. The van der Waals surface area contributed by atoms with Crippen LogP contribution < -0.4 is 11.1 Å². The predicted molar refractivity (Wildman–Crippen MR) is 61.2 cm³/mol. The van der Waals surface area contributed by atoms with Crippen LogP contribution in [-0.4, -0.2) is 12.5 Å². The Hall–Kier alpha value is -1.35.